The molecule has 246 valence electrons. The Morgan fingerprint density at radius 2 is 1.09 bits per heavy atom. The molecular formula is C34H53F3O4S2. The predicted octanol–water partition coefficient (Wildman–Crippen LogP) is 10.8. The highest BCUT2D eigenvalue weighted by Crippen LogP contribution is 2.37. The lowest BCUT2D eigenvalue weighted by Crippen LogP contribution is -2.37. The van der Waals surface area contributed by atoms with Gasteiger partial charge < -0.3 is 4.74 Å². The van der Waals surface area contributed by atoms with Gasteiger partial charge >= 0.3 is 15.6 Å². The third kappa shape index (κ3) is 15.7. The standard InChI is InChI=1S/C34H51F3O4S.H2S/c1-3-4-5-6-7-8-9-10-11-12-13-14-15-16-17-21-28-40-32-26-24-31(25-27-32)33(2,29-30-22-19-18-20-23-30)41-42(38,39)34(35,36)37;/h18-20,22-27H,3-17,21,28-29H2,1-2H3;1H2. The number of ether oxygens (including phenoxy) is 1. The molecule has 2 aromatic rings. The van der Waals surface area contributed by atoms with Crippen LogP contribution in [0.15, 0.2) is 54.6 Å². The van der Waals surface area contributed by atoms with Crippen LogP contribution >= 0.6 is 13.5 Å². The normalized spacial score (nSPS) is 13.3. The van der Waals surface area contributed by atoms with Gasteiger partial charge in [-0.3, -0.25) is 4.18 Å². The molecule has 2 rings (SSSR count). The van der Waals surface area contributed by atoms with E-state index in [4.69, 9.17) is 8.92 Å². The minimum absolute atomic E-state index is 0. The molecule has 0 fully saturated rings. The fourth-order valence-corrected chi connectivity index (χ4v) is 5.93. The summed E-state index contributed by atoms with van der Waals surface area (Å²) in [6.45, 7) is 4.17. The van der Waals surface area contributed by atoms with Crippen molar-refractivity contribution in [3.05, 3.63) is 65.7 Å². The van der Waals surface area contributed by atoms with E-state index in [0.717, 1.165) is 12.8 Å². The van der Waals surface area contributed by atoms with E-state index in [2.05, 4.69) is 6.92 Å². The van der Waals surface area contributed by atoms with Crippen LogP contribution in [0, 0.1) is 0 Å². The highest BCUT2D eigenvalue weighted by atomic mass is 32.2. The van der Waals surface area contributed by atoms with Crippen molar-refractivity contribution in [2.24, 2.45) is 0 Å². The molecule has 2 aromatic carbocycles. The Balaban J connectivity index is 0.00000924. The van der Waals surface area contributed by atoms with Crippen LogP contribution in [0.3, 0.4) is 0 Å². The van der Waals surface area contributed by atoms with Crippen molar-refractivity contribution in [3.8, 4) is 5.75 Å². The Morgan fingerprint density at radius 3 is 1.53 bits per heavy atom. The molecule has 0 saturated heterocycles. The fraction of sp³-hybridized carbons (Fsp3) is 0.647. The van der Waals surface area contributed by atoms with E-state index in [1.165, 1.54) is 96.8 Å². The number of hydrogen-bond donors (Lipinski definition) is 0. The molecule has 43 heavy (non-hydrogen) atoms. The minimum atomic E-state index is -5.80. The first-order valence-electron chi connectivity index (χ1n) is 15.9. The van der Waals surface area contributed by atoms with E-state index in [0.29, 0.717) is 23.5 Å². The van der Waals surface area contributed by atoms with Crippen molar-refractivity contribution < 1.29 is 30.5 Å². The van der Waals surface area contributed by atoms with E-state index in [-0.39, 0.29) is 19.9 Å². The molecule has 1 unspecified atom stereocenters. The molecule has 1 atom stereocenters. The van der Waals surface area contributed by atoms with Crippen molar-refractivity contribution in [2.75, 3.05) is 6.61 Å². The highest BCUT2D eigenvalue weighted by Gasteiger charge is 2.51. The maximum Gasteiger partial charge on any atom is 0.523 e. The molecule has 0 saturated carbocycles. The summed E-state index contributed by atoms with van der Waals surface area (Å²) in [5, 5.41) is 0. The van der Waals surface area contributed by atoms with Gasteiger partial charge in [0.2, 0.25) is 0 Å². The molecule has 0 aliphatic heterocycles. The van der Waals surface area contributed by atoms with E-state index in [9.17, 15) is 21.6 Å². The molecule has 0 spiro atoms. The second-order valence-corrected chi connectivity index (χ2v) is 13.1. The van der Waals surface area contributed by atoms with Gasteiger partial charge in [0.05, 0.1) is 6.61 Å². The molecule has 0 aliphatic carbocycles. The summed E-state index contributed by atoms with van der Waals surface area (Å²) >= 11 is 0. The van der Waals surface area contributed by atoms with Gasteiger partial charge in [-0.15, -0.1) is 0 Å². The maximum absolute atomic E-state index is 13.1. The molecular weight excluding hydrogens is 593 g/mol. The fourth-order valence-electron chi connectivity index (χ4n) is 5.20. The van der Waals surface area contributed by atoms with Crippen molar-refractivity contribution >= 4 is 23.6 Å². The van der Waals surface area contributed by atoms with Crippen molar-refractivity contribution in [2.45, 2.75) is 134 Å². The lowest BCUT2D eigenvalue weighted by Gasteiger charge is -2.30. The molecule has 0 bridgehead atoms. The number of hydrogen-bond acceptors (Lipinski definition) is 4. The Morgan fingerprint density at radius 1 is 0.651 bits per heavy atom. The van der Waals surface area contributed by atoms with Crippen LogP contribution < -0.4 is 4.74 Å². The molecule has 4 nitrogen and oxygen atoms in total. The van der Waals surface area contributed by atoms with Crippen LogP contribution in [0.25, 0.3) is 0 Å². The number of unbranched alkanes of at least 4 members (excludes halogenated alkanes) is 15. The Labute approximate surface area is 265 Å². The zero-order valence-electron chi connectivity index (χ0n) is 26.1. The van der Waals surface area contributed by atoms with Gasteiger partial charge in [-0.05, 0) is 36.6 Å². The van der Waals surface area contributed by atoms with E-state index < -0.39 is 21.2 Å². The van der Waals surface area contributed by atoms with Gasteiger partial charge in [0.1, 0.15) is 11.4 Å². The summed E-state index contributed by atoms with van der Waals surface area (Å²) < 4.78 is 73.9. The average molecular weight is 647 g/mol. The van der Waals surface area contributed by atoms with Gasteiger partial charge in [0.15, 0.2) is 0 Å². The van der Waals surface area contributed by atoms with E-state index >= 15 is 0 Å². The zero-order chi connectivity index (χ0) is 30.7. The molecule has 0 aromatic heterocycles. The second-order valence-electron chi connectivity index (χ2n) is 11.6. The molecule has 0 N–H and O–H groups in total. The van der Waals surface area contributed by atoms with Gasteiger partial charge in [0.25, 0.3) is 0 Å². The largest absolute Gasteiger partial charge is 0.523 e. The predicted molar refractivity (Wildman–Crippen MR) is 175 cm³/mol. The number of benzene rings is 2. The Hall–Kier alpha value is -1.71. The first kappa shape index (κ1) is 39.3. The minimum Gasteiger partial charge on any atom is -0.494 e. The van der Waals surface area contributed by atoms with Crippen molar-refractivity contribution in [1.29, 1.82) is 0 Å². The van der Waals surface area contributed by atoms with Gasteiger partial charge in [0, 0.05) is 6.42 Å². The second kappa shape index (κ2) is 21.1. The summed E-state index contributed by atoms with van der Waals surface area (Å²) in [7, 11) is -5.80. The lowest BCUT2D eigenvalue weighted by atomic mass is 9.89. The smallest absolute Gasteiger partial charge is 0.494 e. The number of halogens is 3. The van der Waals surface area contributed by atoms with Crippen molar-refractivity contribution in [1.82, 2.24) is 0 Å². The topological polar surface area (TPSA) is 52.6 Å². The van der Waals surface area contributed by atoms with Crippen LogP contribution in [-0.2, 0) is 26.3 Å². The van der Waals surface area contributed by atoms with Crippen LogP contribution in [0.2, 0.25) is 0 Å². The highest BCUT2D eigenvalue weighted by molar-refractivity contribution is 7.87. The third-order valence-electron chi connectivity index (χ3n) is 7.69. The lowest BCUT2D eigenvalue weighted by molar-refractivity contribution is -0.0647. The summed E-state index contributed by atoms with van der Waals surface area (Å²) in [5.74, 6) is 0.584. The summed E-state index contributed by atoms with van der Waals surface area (Å²) in [6.07, 6.45) is 20.7. The van der Waals surface area contributed by atoms with Gasteiger partial charge in [-0.2, -0.15) is 35.1 Å². The molecule has 0 amide bonds. The van der Waals surface area contributed by atoms with Gasteiger partial charge in [-0.25, -0.2) is 0 Å². The van der Waals surface area contributed by atoms with E-state index in [1.54, 1.807) is 54.6 Å². The van der Waals surface area contributed by atoms with Crippen LogP contribution in [0.1, 0.15) is 128 Å². The third-order valence-corrected chi connectivity index (χ3v) is 8.85. The monoisotopic (exact) mass is 646 g/mol. The average Bonchev–Trinajstić information content (AvgIpc) is 2.94. The molecule has 0 aliphatic rings. The number of rotatable bonds is 23. The Kier molecular flexibility index (Phi) is 19.3. The van der Waals surface area contributed by atoms with Gasteiger partial charge in [-0.1, -0.05) is 146 Å². The van der Waals surface area contributed by atoms with Crippen molar-refractivity contribution in [3.63, 3.8) is 0 Å². The van der Waals surface area contributed by atoms with Crippen LogP contribution in [-0.4, -0.2) is 20.5 Å². The first-order chi connectivity index (χ1) is 20.1. The van der Waals surface area contributed by atoms with Crippen LogP contribution in [0.4, 0.5) is 13.2 Å². The zero-order valence-corrected chi connectivity index (χ0v) is 27.9. The summed E-state index contributed by atoms with van der Waals surface area (Å²) in [5.41, 5.74) is -6.29. The first-order valence-corrected chi connectivity index (χ1v) is 17.3. The summed E-state index contributed by atoms with van der Waals surface area (Å²) in [4.78, 5) is 0. The number of alkyl halides is 3. The Bertz CT molecular complexity index is 1080. The quantitative estimate of drug-likeness (QED) is 0.0685. The molecule has 9 heteroatoms. The SMILES string of the molecule is CCCCCCCCCCCCCCCCCCOc1ccc(C(C)(Cc2ccccc2)OS(=O)(=O)C(F)(F)F)cc1.S. The molecule has 0 radical (unpaired) electrons. The van der Waals surface area contributed by atoms with E-state index in [1.807, 2.05) is 0 Å². The summed E-state index contributed by atoms with van der Waals surface area (Å²) in [6, 6.07) is 15.1. The van der Waals surface area contributed by atoms with Crippen LogP contribution in [0.5, 0.6) is 5.75 Å². The molecule has 0 heterocycles. The maximum atomic E-state index is 13.1.